The van der Waals surface area contributed by atoms with Crippen molar-refractivity contribution in [2.24, 2.45) is 10.8 Å². The van der Waals surface area contributed by atoms with Crippen molar-refractivity contribution in [2.45, 2.75) is 34.3 Å². The number of aliphatic hydroxyl groups excluding tert-OH is 1. The van der Waals surface area contributed by atoms with E-state index in [1.165, 1.54) is 0 Å². The van der Waals surface area contributed by atoms with Crippen molar-refractivity contribution in [2.75, 3.05) is 13.2 Å². The highest BCUT2D eigenvalue weighted by Crippen LogP contribution is 2.40. The third-order valence-electron chi connectivity index (χ3n) is 4.12. The molecule has 0 saturated heterocycles. The highest BCUT2D eigenvalue weighted by Gasteiger charge is 2.50. The lowest BCUT2D eigenvalue weighted by Crippen LogP contribution is -2.46. The molecule has 122 valence electrons. The Balaban J connectivity index is 2.74. The fraction of sp³-hybridized carbons (Fsp3) is 0.529. The molecule has 0 spiro atoms. The molecule has 0 heterocycles. The first-order valence-electron chi connectivity index (χ1n) is 7.22. The van der Waals surface area contributed by atoms with Gasteiger partial charge in [-0.2, -0.15) is 0 Å². The van der Waals surface area contributed by atoms with Crippen LogP contribution >= 0.6 is 0 Å². The SMILES string of the molecule is CC(C)(C(=O)OCCO)C(C)(C)C(=O)OCc1ccccc1. The summed E-state index contributed by atoms with van der Waals surface area (Å²) >= 11 is 0. The van der Waals surface area contributed by atoms with E-state index >= 15 is 0 Å². The molecule has 0 aliphatic heterocycles. The zero-order valence-electron chi connectivity index (χ0n) is 13.6. The smallest absolute Gasteiger partial charge is 0.312 e. The first-order valence-corrected chi connectivity index (χ1v) is 7.22. The van der Waals surface area contributed by atoms with Gasteiger partial charge in [0.05, 0.1) is 17.4 Å². The number of carbonyl (C=O) groups excluding carboxylic acids is 2. The zero-order valence-corrected chi connectivity index (χ0v) is 13.6. The van der Waals surface area contributed by atoms with Crippen LogP contribution in [0.4, 0.5) is 0 Å². The molecule has 0 fully saturated rings. The maximum absolute atomic E-state index is 12.4. The van der Waals surface area contributed by atoms with Crippen molar-refractivity contribution in [1.82, 2.24) is 0 Å². The van der Waals surface area contributed by atoms with Gasteiger partial charge in [0.1, 0.15) is 13.2 Å². The Morgan fingerprint density at radius 1 is 0.955 bits per heavy atom. The Labute approximate surface area is 131 Å². The van der Waals surface area contributed by atoms with Crippen molar-refractivity contribution in [3.8, 4) is 0 Å². The second-order valence-electron chi connectivity index (χ2n) is 6.17. The monoisotopic (exact) mass is 308 g/mol. The van der Waals surface area contributed by atoms with Gasteiger partial charge in [0.2, 0.25) is 0 Å². The third kappa shape index (κ3) is 4.07. The number of hydrogen-bond acceptors (Lipinski definition) is 5. The average molecular weight is 308 g/mol. The van der Waals surface area contributed by atoms with E-state index in [2.05, 4.69) is 0 Å². The van der Waals surface area contributed by atoms with Crippen molar-refractivity contribution in [1.29, 1.82) is 0 Å². The molecule has 22 heavy (non-hydrogen) atoms. The summed E-state index contributed by atoms with van der Waals surface area (Å²) in [7, 11) is 0. The summed E-state index contributed by atoms with van der Waals surface area (Å²) in [6, 6.07) is 9.34. The largest absolute Gasteiger partial charge is 0.463 e. The van der Waals surface area contributed by atoms with Gasteiger partial charge in [-0.3, -0.25) is 9.59 Å². The summed E-state index contributed by atoms with van der Waals surface area (Å²) in [4.78, 5) is 24.5. The van der Waals surface area contributed by atoms with Gasteiger partial charge in [-0.25, -0.2) is 0 Å². The summed E-state index contributed by atoms with van der Waals surface area (Å²) in [6.45, 7) is 6.40. The lowest BCUT2D eigenvalue weighted by Gasteiger charge is -2.36. The lowest BCUT2D eigenvalue weighted by molar-refractivity contribution is -0.176. The minimum Gasteiger partial charge on any atom is -0.463 e. The van der Waals surface area contributed by atoms with Crippen LogP contribution in [0, 0.1) is 10.8 Å². The van der Waals surface area contributed by atoms with E-state index in [1.54, 1.807) is 27.7 Å². The van der Waals surface area contributed by atoms with Crippen LogP contribution in [0.3, 0.4) is 0 Å². The second-order valence-corrected chi connectivity index (χ2v) is 6.17. The average Bonchev–Trinajstić information content (AvgIpc) is 2.50. The number of rotatable bonds is 7. The van der Waals surface area contributed by atoms with E-state index in [4.69, 9.17) is 14.6 Å². The second kappa shape index (κ2) is 7.40. The molecular weight excluding hydrogens is 284 g/mol. The number of carbonyl (C=O) groups is 2. The Bertz CT molecular complexity index is 505. The lowest BCUT2D eigenvalue weighted by atomic mass is 9.68. The molecule has 1 N–H and O–H groups in total. The third-order valence-corrected chi connectivity index (χ3v) is 4.12. The summed E-state index contributed by atoms with van der Waals surface area (Å²) in [5, 5.41) is 8.73. The Hall–Kier alpha value is -1.88. The molecule has 1 rings (SSSR count). The van der Waals surface area contributed by atoms with Crippen molar-refractivity contribution >= 4 is 11.9 Å². The first kappa shape index (κ1) is 18.2. The molecule has 0 aromatic heterocycles. The van der Waals surface area contributed by atoms with E-state index in [0.29, 0.717) is 0 Å². The van der Waals surface area contributed by atoms with Crippen molar-refractivity contribution in [3.63, 3.8) is 0 Å². The molecule has 0 aliphatic carbocycles. The number of hydrogen-bond donors (Lipinski definition) is 1. The Morgan fingerprint density at radius 2 is 1.45 bits per heavy atom. The molecular formula is C17H24O5. The molecule has 5 heteroatoms. The van der Waals surface area contributed by atoms with Gasteiger partial charge < -0.3 is 14.6 Å². The van der Waals surface area contributed by atoms with Gasteiger partial charge in [-0.05, 0) is 33.3 Å². The maximum Gasteiger partial charge on any atom is 0.312 e. The molecule has 0 saturated carbocycles. The minimum absolute atomic E-state index is 0.0859. The molecule has 1 aromatic rings. The van der Waals surface area contributed by atoms with Gasteiger partial charge >= 0.3 is 11.9 Å². The molecule has 0 atom stereocenters. The van der Waals surface area contributed by atoms with Crippen LogP contribution in [0.15, 0.2) is 30.3 Å². The Kier molecular flexibility index (Phi) is 6.11. The van der Waals surface area contributed by atoms with Crippen LogP contribution in [0.2, 0.25) is 0 Å². The molecule has 0 amide bonds. The topological polar surface area (TPSA) is 72.8 Å². The van der Waals surface area contributed by atoms with Crippen LogP contribution in [-0.4, -0.2) is 30.3 Å². The van der Waals surface area contributed by atoms with Gasteiger partial charge in [0.15, 0.2) is 0 Å². The quantitative estimate of drug-likeness (QED) is 0.783. The number of benzene rings is 1. The van der Waals surface area contributed by atoms with E-state index in [1.807, 2.05) is 30.3 Å². The van der Waals surface area contributed by atoms with Gasteiger partial charge in [-0.15, -0.1) is 0 Å². The summed E-state index contributed by atoms with van der Waals surface area (Å²) in [6.07, 6.45) is 0. The van der Waals surface area contributed by atoms with Crippen LogP contribution in [0.25, 0.3) is 0 Å². The van der Waals surface area contributed by atoms with Crippen LogP contribution < -0.4 is 0 Å². The van der Waals surface area contributed by atoms with Crippen LogP contribution in [0.1, 0.15) is 33.3 Å². The molecule has 0 bridgehead atoms. The number of ether oxygens (including phenoxy) is 2. The standard InChI is InChI=1S/C17H24O5/c1-16(2,14(19)21-11-10-18)17(3,4)15(20)22-12-13-8-6-5-7-9-13/h5-9,18H,10-12H2,1-4H3. The number of esters is 2. The maximum atomic E-state index is 12.4. The first-order chi connectivity index (χ1) is 10.2. The van der Waals surface area contributed by atoms with E-state index in [-0.39, 0.29) is 19.8 Å². The summed E-state index contributed by atoms with van der Waals surface area (Å²) in [5.41, 5.74) is -1.25. The van der Waals surface area contributed by atoms with E-state index < -0.39 is 22.8 Å². The zero-order chi connectivity index (χ0) is 16.8. The van der Waals surface area contributed by atoms with Gasteiger partial charge in [-0.1, -0.05) is 30.3 Å². The van der Waals surface area contributed by atoms with Gasteiger partial charge in [0.25, 0.3) is 0 Å². The fourth-order valence-corrected chi connectivity index (χ4v) is 1.73. The van der Waals surface area contributed by atoms with E-state index in [9.17, 15) is 9.59 Å². The van der Waals surface area contributed by atoms with Crippen LogP contribution in [0.5, 0.6) is 0 Å². The highest BCUT2D eigenvalue weighted by molar-refractivity contribution is 5.87. The normalized spacial score (nSPS) is 11.9. The summed E-state index contributed by atoms with van der Waals surface area (Å²) < 4.78 is 10.3. The van der Waals surface area contributed by atoms with E-state index in [0.717, 1.165) is 5.56 Å². The molecule has 0 radical (unpaired) electrons. The predicted molar refractivity (Wildman–Crippen MR) is 81.8 cm³/mol. The fourth-order valence-electron chi connectivity index (χ4n) is 1.73. The summed E-state index contributed by atoms with van der Waals surface area (Å²) in [5.74, 6) is -1.01. The molecule has 0 aliphatic rings. The molecule has 5 nitrogen and oxygen atoms in total. The molecule has 1 aromatic carbocycles. The minimum atomic E-state index is -1.07. The number of aliphatic hydroxyl groups is 1. The molecule has 0 unspecified atom stereocenters. The predicted octanol–water partition coefficient (Wildman–Crippen LogP) is 2.32. The van der Waals surface area contributed by atoms with Crippen molar-refractivity contribution in [3.05, 3.63) is 35.9 Å². The highest BCUT2D eigenvalue weighted by atomic mass is 16.5. The van der Waals surface area contributed by atoms with Crippen molar-refractivity contribution < 1.29 is 24.2 Å². The van der Waals surface area contributed by atoms with Gasteiger partial charge in [0, 0.05) is 0 Å². The Morgan fingerprint density at radius 3 is 1.95 bits per heavy atom. The van der Waals surface area contributed by atoms with Crippen LogP contribution in [-0.2, 0) is 25.7 Å².